The van der Waals surface area contributed by atoms with E-state index in [4.69, 9.17) is 11.6 Å². The van der Waals surface area contributed by atoms with Crippen LogP contribution in [0, 0.1) is 12.7 Å². The van der Waals surface area contributed by atoms with E-state index in [0.29, 0.717) is 28.3 Å². The Morgan fingerprint density at radius 3 is 2.29 bits per heavy atom. The zero-order valence-corrected chi connectivity index (χ0v) is 24.8. The van der Waals surface area contributed by atoms with Crippen LogP contribution in [-0.4, -0.2) is 43.8 Å². The molecule has 4 rings (SSSR count). The van der Waals surface area contributed by atoms with E-state index < -0.39 is 34.3 Å². The fourth-order valence-electron chi connectivity index (χ4n) is 5.21. The molecule has 0 unspecified atom stereocenters. The minimum absolute atomic E-state index is 0.00846. The maximum Gasteiger partial charge on any atom is 0.264 e. The van der Waals surface area contributed by atoms with Gasteiger partial charge in [-0.2, -0.15) is 0 Å². The number of benzene rings is 3. The Balaban J connectivity index is 1.72. The molecular formula is C31H35ClFN3O4S. The van der Waals surface area contributed by atoms with Gasteiger partial charge >= 0.3 is 0 Å². The topological polar surface area (TPSA) is 86.8 Å². The minimum Gasteiger partial charge on any atom is -0.352 e. The van der Waals surface area contributed by atoms with Gasteiger partial charge in [-0.1, -0.05) is 61.7 Å². The third-order valence-electron chi connectivity index (χ3n) is 7.39. The van der Waals surface area contributed by atoms with E-state index in [1.807, 2.05) is 6.92 Å². The third-order valence-corrected chi connectivity index (χ3v) is 9.40. The number of nitrogens with zero attached hydrogens (tertiary/aromatic N) is 2. The highest BCUT2D eigenvalue weighted by molar-refractivity contribution is 7.92. The third kappa shape index (κ3) is 7.45. The molecule has 2 amide bonds. The van der Waals surface area contributed by atoms with E-state index in [1.165, 1.54) is 29.2 Å². The highest BCUT2D eigenvalue weighted by Gasteiger charge is 2.35. The smallest absolute Gasteiger partial charge is 0.264 e. The van der Waals surface area contributed by atoms with Crippen LogP contribution in [0.1, 0.15) is 50.2 Å². The Morgan fingerprint density at radius 1 is 1.02 bits per heavy atom. The summed E-state index contributed by atoms with van der Waals surface area (Å²) in [7, 11) is -4.18. The zero-order chi connectivity index (χ0) is 29.6. The van der Waals surface area contributed by atoms with Crippen molar-refractivity contribution in [2.45, 2.75) is 69.5 Å². The van der Waals surface area contributed by atoms with Gasteiger partial charge in [0.2, 0.25) is 11.8 Å². The molecular weight excluding hydrogens is 565 g/mol. The summed E-state index contributed by atoms with van der Waals surface area (Å²) in [6.45, 7) is 2.99. The van der Waals surface area contributed by atoms with Gasteiger partial charge in [-0.3, -0.25) is 13.9 Å². The summed E-state index contributed by atoms with van der Waals surface area (Å²) in [5.41, 5.74) is 1.49. The van der Waals surface area contributed by atoms with Crippen molar-refractivity contribution in [1.29, 1.82) is 0 Å². The molecule has 0 radical (unpaired) electrons. The largest absolute Gasteiger partial charge is 0.352 e. The predicted octanol–water partition coefficient (Wildman–Crippen LogP) is 5.85. The van der Waals surface area contributed by atoms with Crippen LogP contribution in [0.4, 0.5) is 10.1 Å². The molecule has 218 valence electrons. The van der Waals surface area contributed by atoms with Crippen molar-refractivity contribution in [3.05, 3.63) is 94.8 Å². The minimum atomic E-state index is -4.18. The van der Waals surface area contributed by atoms with Crippen LogP contribution in [-0.2, 0) is 26.2 Å². The van der Waals surface area contributed by atoms with Gasteiger partial charge in [0, 0.05) is 17.6 Å². The number of halogens is 2. The highest BCUT2D eigenvalue weighted by Crippen LogP contribution is 2.29. The molecule has 3 aromatic rings. The summed E-state index contributed by atoms with van der Waals surface area (Å²) in [6, 6.07) is 17.5. The SMILES string of the molecule is CC[C@@H](C(=O)NC1CCCC1)N(Cc1ccc(F)cc1)C(=O)CN(c1ccc(Cl)cc1C)S(=O)(=O)c1ccccc1. The van der Waals surface area contributed by atoms with Crippen molar-refractivity contribution in [1.82, 2.24) is 10.2 Å². The fraction of sp³-hybridized carbons (Fsp3) is 0.355. The van der Waals surface area contributed by atoms with Crippen LogP contribution in [0.25, 0.3) is 0 Å². The first-order valence-corrected chi connectivity index (χ1v) is 15.6. The van der Waals surface area contributed by atoms with Crippen LogP contribution in [0.15, 0.2) is 77.7 Å². The van der Waals surface area contributed by atoms with Crippen LogP contribution in [0.2, 0.25) is 5.02 Å². The van der Waals surface area contributed by atoms with Gasteiger partial charge in [-0.15, -0.1) is 0 Å². The Bertz CT molecular complexity index is 1460. The van der Waals surface area contributed by atoms with E-state index in [9.17, 15) is 22.4 Å². The van der Waals surface area contributed by atoms with E-state index in [1.54, 1.807) is 55.5 Å². The average molecular weight is 600 g/mol. The molecule has 7 nitrogen and oxygen atoms in total. The summed E-state index contributed by atoms with van der Waals surface area (Å²) in [5.74, 6) is -1.26. The maximum absolute atomic E-state index is 14.1. The second kappa shape index (κ2) is 13.5. The first-order chi connectivity index (χ1) is 19.6. The second-order valence-corrected chi connectivity index (χ2v) is 12.6. The Labute approximate surface area is 246 Å². The van der Waals surface area contributed by atoms with Crippen molar-refractivity contribution in [2.75, 3.05) is 10.8 Å². The lowest BCUT2D eigenvalue weighted by atomic mass is 10.1. The fourth-order valence-corrected chi connectivity index (χ4v) is 6.93. The summed E-state index contributed by atoms with van der Waals surface area (Å²) < 4.78 is 42.6. The molecule has 0 aromatic heterocycles. The van der Waals surface area contributed by atoms with Crippen LogP contribution in [0.5, 0.6) is 0 Å². The summed E-state index contributed by atoms with van der Waals surface area (Å²) >= 11 is 6.16. The van der Waals surface area contributed by atoms with Crippen molar-refractivity contribution >= 4 is 39.1 Å². The molecule has 1 saturated carbocycles. The van der Waals surface area contributed by atoms with Gasteiger partial charge in [0.25, 0.3) is 10.0 Å². The molecule has 3 aromatic carbocycles. The predicted molar refractivity (Wildman–Crippen MR) is 159 cm³/mol. The number of nitrogens with one attached hydrogen (secondary N) is 1. The molecule has 1 aliphatic carbocycles. The van der Waals surface area contributed by atoms with Gasteiger partial charge in [-0.25, -0.2) is 12.8 Å². The first kappa shape index (κ1) is 30.5. The second-order valence-electron chi connectivity index (χ2n) is 10.3. The molecule has 0 heterocycles. The number of carbonyl (C=O) groups excluding carboxylic acids is 2. The van der Waals surface area contributed by atoms with E-state index >= 15 is 0 Å². The molecule has 0 bridgehead atoms. The summed E-state index contributed by atoms with van der Waals surface area (Å²) in [4.78, 5) is 29.0. The van der Waals surface area contributed by atoms with E-state index in [2.05, 4.69) is 5.32 Å². The number of aryl methyl sites for hydroxylation is 1. The number of amides is 2. The van der Waals surface area contributed by atoms with Crippen molar-refractivity contribution in [3.8, 4) is 0 Å². The molecule has 0 aliphatic heterocycles. The number of sulfonamides is 1. The van der Waals surface area contributed by atoms with Crippen molar-refractivity contribution in [2.24, 2.45) is 0 Å². The number of anilines is 1. The lowest BCUT2D eigenvalue weighted by Crippen LogP contribution is -2.53. The molecule has 0 spiro atoms. The lowest BCUT2D eigenvalue weighted by molar-refractivity contribution is -0.140. The maximum atomic E-state index is 14.1. The highest BCUT2D eigenvalue weighted by atomic mass is 35.5. The molecule has 41 heavy (non-hydrogen) atoms. The van der Waals surface area contributed by atoms with Gasteiger partial charge in [0.05, 0.1) is 10.6 Å². The molecule has 1 atom stereocenters. The number of rotatable bonds is 11. The van der Waals surface area contributed by atoms with Crippen molar-refractivity contribution in [3.63, 3.8) is 0 Å². The van der Waals surface area contributed by atoms with Gasteiger partial charge in [-0.05, 0) is 79.8 Å². The molecule has 1 N–H and O–H groups in total. The summed E-state index contributed by atoms with van der Waals surface area (Å²) in [5, 5.41) is 3.51. The molecule has 0 saturated heterocycles. The molecule has 1 aliphatic rings. The summed E-state index contributed by atoms with van der Waals surface area (Å²) in [6.07, 6.45) is 4.15. The quantitative estimate of drug-likeness (QED) is 0.300. The zero-order valence-electron chi connectivity index (χ0n) is 23.2. The average Bonchev–Trinajstić information content (AvgIpc) is 3.46. The van der Waals surface area contributed by atoms with Crippen LogP contribution < -0.4 is 9.62 Å². The lowest BCUT2D eigenvalue weighted by Gasteiger charge is -2.34. The van der Waals surface area contributed by atoms with Gasteiger partial charge < -0.3 is 10.2 Å². The Kier molecular flexibility index (Phi) is 10.0. The Morgan fingerprint density at radius 2 is 1.68 bits per heavy atom. The number of hydrogen-bond acceptors (Lipinski definition) is 4. The van der Waals surface area contributed by atoms with Crippen LogP contribution in [0.3, 0.4) is 0 Å². The van der Waals surface area contributed by atoms with Gasteiger partial charge in [0.15, 0.2) is 0 Å². The normalized spacial score (nSPS) is 14.4. The van der Waals surface area contributed by atoms with Gasteiger partial charge in [0.1, 0.15) is 18.4 Å². The first-order valence-electron chi connectivity index (χ1n) is 13.8. The standard InChI is InChI=1S/C31H35ClFN3O4S/c1-3-28(31(38)34-26-9-7-8-10-26)35(20-23-13-16-25(33)17-14-23)30(37)21-36(29-18-15-24(32)19-22(29)2)41(39,40)27-11-5-4-6-12-27/h4-6,11-19,26,28H,3,7-10,20-21H2,1-2H3,(H,34,38)/t28-/m0/s1. The Hall–Kier alpha value is -3.43. The monoisotopic (exact) mass is 599 g/mol. The van der Waals surface area contributed by atoms with E-state index in [0.717, 1.165) is 30.0 Å². The molecule has 1 fully saturated rings. The van der Waals surface area contributed by atoms with Crippen molar-refractivity contribution < 1.29 is 22.4 Å². The van der Waals surface area contributed by atoms with Crippen LogP contribution >= 0.6 is 11.6 Å². The number of hydrogen-bond donors (Lipinski definition) is 1. The molecule has 10 heteroatoms. The van der Waals surface area contributed by atoms with E-state index in [-0.39, 0.29) is 23.4 Å². The number of carbonyl (C=O) groups is 2.